The Bertz CT molecular complexity index is 1600. The largest absolute Gasteiger partial charge is 0.397 e. The Morgan fingerprint density at radius 3 is 0.622 bits per heavy atom. The van der Waals surface area contributed by atoms with Crippen LogP contribution in [0.2, 0.25) is 0 Å². The van der Waals surface area contributed by atoms with Crippen molar-refractivity contribution in [2.45, 2.75) is 0 Å². The van der Waals surface area contributed by atoms with Crippen molar-refractivity contribution in [3.05, 3.63) is 0 Å². The second-order valence-corrected chi connectivity index (χ2v) is 22.0. The van der Waals surface area contributed by atoms with Crippen LogP contribution < -0.4 is 0 Å². The van der Waals surface area contributed by atoms with Gasteiger partial charge >= 0.3 is 41.6 Å². The molecule has 0 aliphatic rings. The molecule has 0 aliphatic carbocycles. The highest BCUT2D eigenvalue weighted by atomic mass is 32.3. The molecule has 0 saturated heterocycles. The third-order valence-electron chi connectivity index (χ3n) is 4.61. The fourth-order valence-corrected chi connectivity index (χ4v) is 12.7. The van der Waals surface area contributed by atoms with Gasteiger partial charge in [0.1, 0.15) is 0 Å². The van der Waals surface area contributed by atoms with Crippen LogP contribution in [0.5, 0.6) is 0 Å². The lowest BCUT2D eigenvalue weighted by atomic mass is 9.99. The lowest BCUT2D eigenvalue weighted by molar-refractivity contribution is 0.282. The summed E-state index contributed by atoms with van der Waals surface area (Å²) in [5.74, 6) is -12.8. The highest BCUT2D eigenvalue weighted by molar-refractivity contribution is 7.94. The second kappa shape index (κ2) is 16.1. The van der Waals surface area contributed by atoms with E-state index in [0.29, 0.717) is 0 Å². The monoisotopic (exact) mass is 824 g/mol. The van der Waals surface area contributed by atoms with Crippen molar-refractivity contribution in [1.29, 1.82) is 0 Å². The summed E-state index contributed by atoms with van der Waals surface area (Å²) in [6, 6.07) is 0. The predicted octanol–water partition coefficient (Wildman–Crippen LogP) is -5.09. The summed E-state index contributed by atoms with van der Waals surface area (Å²) in [5.41, 5.74) is -3.07. The zero-order valence-electron chi connectivity index (χ0n) is 22.2. The van der Waals surface area contributed by atoms with E-state index in [9.17, 15) is 67.3 Å². The van der Waals surface area contributed by atoms with Crippen LogP contribution in [0, 0.1) is 5.41 Å². The molecule has 0 aromatic carbocycles. The normalized spacial score (nSPS) is 14.8. The summed E-state index contributed by atoms with van der Waals surface area (Å²) in [4.78, 5) is 0. The lowest BCUT2D eigenvalue weighted by Gasteiger charge is -2.33. The van der Waals surface area contributed by atoms with Crippen LogP contribution >= 0.6 is 0 Å². The molecule has 4 N–H and O–H groups in total. The molecule has 0 atom stereocenters. The van der Waals surface area contributed by atoms with Crippen molar-refractivity contribution in [2.75, 3.05) is 72.5 Å². The Hall–Kier alpha value is -0.720. The summed E-state index contributed by atoms with van der Waals surface area (Å²) < 4.78 is 239. The summed E-state index contributed by atoms with van der Waals surface area (Å²) in [6.45, 7) is -5.46. The van der Waals surface area contributed by atoms with Gasteiger partial charge < -0.3 is 0 Å². The fourth-order valence-electron chi connectivity index (χ4n) is 3.47. The molecule has 0 bridgehead atoms. The van der Waals surface area contributed by atoms with Gasteiger partial charge in [0.15, 0.2) is 39.3 Å². The van der Waals surface area contributed by atoms with Crippen molar-refractivity contribution < 1.29 is 102 Å². The molecule has 45 heavy (non-hydrogen) atoms. The molecule has 0 heterocycles. The molecule has 0 radical (unpaired) electrons. The topological polar surface area (TPSA) is 391 Å². The van der Waals surface area contributed by atoms with Crippen LogP contribution in [-0.2, 0) is 97.7 Å². The molecule has 24 nitrogen and oxygen atoms in total. The van der Waals surface area contributed by atoms with Gasteiger partial charge in [0.25, 0.3) is 0 Å². The van der Waals surface area contributed by atoms with E-state index >= 15 is 0 Å². The summed E-state index contributed by atoms with van der Waals surface area (Å²) in [7, 11) is -41.0. The Morgan fingerprint density at radius 2 is 0.489 bits per heavy atom. The van der Waals surface area contributed by atoms with Crippen LogP contribution in [0.4, 0.5) is 0 Å². The highest BCUT2D eigenvalue weighted by Gasteiger charge is 2.46. The maximum atomic E-state index is 12.9. The van der Waals surface area contributed by atoms with E-state index in [1.165, 1.54) is 0 Å². The van der Waals surface area contributed by atoms with E-state index in [1.807, 2.05) is 0 Å². The first kappa shape index (κ1) is 44.3. The molecule has 0 aromatic heterocycles. The van der Waals surface area contributed by atoms with E-state index in [0.717, 1.165) is 0 Å². The van der Waals surface area contributed by atoms with E-state index < -0.39 is 159 Å². The summed E-state index contributed by atoms with van der Waals surface area (Å²) in [6.07, 6.45) is 0. The van der Waals surface area contributed by atoms with Crippen LogP contribution in [0.1, 0.15) is 0 Å². The number of hydrogen-bond acceptors (Lipinski definition) is 20. The molecule has 0 spiro atoms. The van der Waals surface area contributed by atoms with Gasteiger partial charge in [0.05, 0.1) is 72.5 Å². The molecular formula is C13H28O24S8. The van der Waals surface area contributed by atoms with E-state index in [4.69, 9.17) is 18.2 Å². The maximum Gasteiger partial charge on any atom is 0.397 e. The van der Waals surface area contributed by atoms with Crippen LogP contribution in [-0.4, -0.2) is 158 Å². The van der Waals surface area contributed by atoms with Gasteiger partial charge in [0, 0.05) is 5.41 Å². The van der Waals surface area contributed by atoms with Gasteiger partial charge in [-0.1, -0.05) is 0 Å². The van der Waals surface area contributed by atoms with Crippen LogP contribution in [0.3, 0.4) is 0 Å². The minimum atomic E-state index is -5.25. The molecule has 32 heteroatoms. The Balaban J connectivity index is 6.95. The van der Waals surface area contributed by atoms with Crippen molar-refractivity contribution in [1.82, 2.24) is 0 Å². The first-order valence-corrected chi connectivity index (χ1v) is 23.7. The van der Waals surface area contributed by atoms with E-state index in [-0.39, 0.29) is 0 Å². The minimum absolute atomic E-state index is 1.36. The van der Waals surface area contributed by atoms with E-state index in [1.54, 1.807) is 0 Å². The standard InChI is InChI=1S/C13H28O24S8/c14-38(15,5-1-34-42(22,23)24)9-13(10-39(16,17)6-2-35-43(25,26)27,11-40(18,19)7-3-36-44(28,29)30)12-41(20,21)8-4-37-45(31,32)33/h1-12H2,(H,22,23,24)(H,25,26,27)(H,28,29,30)(H,31,32,33). The first-order chi connectivity index (χ1) is 19.7. The van der Waals surface area contributed by atoms with Crippen LogP contribution in [0.25, 0.3) is 0 Å². The molecule has 0 saturated carbocycles. The van der Waals surface area contributed by atoms with Gasteiger partial charge in [0.2, 0.25) is 0 Å². The average Bonchev–Trinajstić information content (AvgIpc) is 2.66. The van der Waals surface area contributed by atoms with Crippen molar-refractivity contribution >= 4 is 80.9 Å². The molecule has 272 valence electrons. The number of sulfone groups is 4. The van der Waals surface area contributed by atoms with Gasteiger partial charge in [-0.05, 0) is 0 Å². The third kappa shape index (κ3) is 24.1. The molecule has 0 unspecified atom stereocenters. The average molecular weight is 825 g/mol. The van der Waals surface area contributed by atoms with Crippen LogP contribution in [0.15, 0.2) is 0 Å². The summed E-state index contributed by atoms with van der Waals surface area (Å²) >= 11 is 0. The van der Waals surface area contributed by atoms with Gasteiger partial charge in [-0.25, -0.2) is 50.4 Å². The molecule has 0 rings (SSSR count). The van der Waals surface area contributed by atoms with Crippen molar-refractivity contribution in [3.63, 3.8) is 0 Å². The quantitative estimate of drug-likeness (QED) is 0.0661. The minimum Gasteiger partial charge on any atom is -0.264 e. The first-order valence-electron chi connectivity index (χ1n) is 10.9. The van der Waals surface area contributed by atoms with Gasteiger partial charge in [-0.15, -0.1) is 0 Å². The molecule has 0 fully saturated rings. The Kier molecular flexibility index (Phi) is 15.9. The zero-order chi connectivity index (χ0) is 35.8. The molecular weight excluding hydrogens is 797 g/mol. The fraction of sp³-hybridized carbons (Fsp3) is 1.00. The van der Waals surface area contributed by atoms with E-state index in [2.05, 4.69) is 16.7 Å². The number of rotatable bonds is 24. The third-order valence-corrected chi connectivity index (χ3v) is 13.8. The molecule has 0 aliphatic heterocycles. The van der Waals surface area contributed by atoms with Crippen molar-refractivity contribution in [2.24, 2.45) is 5.41 Å². The molecule has 0 aromatic rings. The Morgan fingerprint density at radius 1 is 0.333 bits per heavy atom. The maximum absolute atomic E-state index is 12.9. The van der Waals surface area contributed by atoms with Gasteiger partial charge in [-0.3, -0.25) is 18.2 Å². The van der Waals surface area contributed by atoms with Crippen molar-refractivity contribution in [3.8, 4) is 0 Å². The predicted molar refractivity (Wildman–Crippen MR) is 147 cm³/mol. The lowest BCUT2D eigenvalue weighted by Crippen LogP contribution is -2.49. The SMILES string of the molecule is O=S(=O)(CCOS(=O)(=O)O)CC(CS(=O)(=O)CCOS(=O)(=O)O)(CS(=O)(=O)CCOS(=O)(=O)O)CS(=O)(=O)CCOS(=O)(=O)O. The Labute approximate surface area is 259 Å². The van der Waals surface area contributed by atoms with Gasteiger partial charge in [-0.2, -0.15) is 33.7 Å². The number of hydrogen-bond donors (Lipinski definition) is 4. The zero-order valence-corrected chi connectivity index (χ0v) is 28.7. The second-order valence-electron chi connectivity index (χ2n) is 8.87. The summed E-state index contributed by atoms with van der Waals surface area (Å²) in [5, 5.41) is 0. The smallest absolute Gasteiger partial charge is 0.264 e. The molecule has 0 amide bonds. The highest BCUT2D eigenvalue weighted by Crippen LogP contribution is 2.29.